The number of aliphatic hydroxyl groups excluding tert-OH is 1. The predicted molar refractivity (Wildman–Crippen MR) is 74.9 cm³/mol. The van der Waals surface area contributed by atoms with Crippen molar-refractivity contribution in [1.82, 2.24) is 8.61 Å². The highest BCUT2D eigenvalue weighted by molar-refractivity contribution is 7.86. The van der Waals surface area contributed by atoms with Crippen molar-refractivity contribution in [3.8, 4) is 0 Å². The Kier molecular flexibility index (Phi) is 4.87. The molecular formula is C13H26N2O3S. The van der Waals surface area contributed by atoms with E-state index >= 15 is 0 Å². The molecule has 19 heavy (non-hydrogen) atoms. The van der Waals surface area contributed by atoms with Gasteiger partial charge < -0.3 is 5.11 Å². The zero-order valence-corrected chi connectivity index (χ0v) is 12.8. The largest absolute Gasteiger partial charge is 0.396 e. The summed E-state index contributed by atoms with van der Waals surface area (Å²) in [4.78, 5) is 0. The Hall–Kier alpha value is -0.170. The average molecular weight is 290 g/mol. The van der Waals surface area contributed by atoms with Gasteiger partial charge in [-0.3, -0.25) is 0 Å². The van der Waals surface area contributed by atoms with Crippen LogP contribution in [0, 0.1) is 11.8 Å². The van der Waals surface area contributed by atoms with Gasteiger partial charge in [-0.05, 0) is 44.4 Å². The molecule has 0 aliphatic carbocycles. The van der Waals surface area contributed by atoms with Crippen LogP contribution < -0.4 is 0 Å². The number of hydrogen-bond donors (Lipinski definition) is 1. The minimum Gasteiger partial charge on any atom is -0.396 e. The summed E-state index contributed by atoms with van der Waals surface area (Å²) < 4.78 is 28.6. The van der Waals surface area contributed by atoms with Crippen LogP contribution in [0.15, 0.2) is 0 Å². The van der Waals surface area contributed by atoms with Crippen molar-refractivity contribution in [1.29, 1.82) is 0 Å². The summed E-state index contributed by atoms with van der Waals surface area (Å²) >= 11 is 0. The van der Waals surface area contributed by atoms with Crippen molar-refractivity contribution < 1.29 is 13.5 Å². The van der Waals surface area contributed by atoms with Crippen molar-refractivity contribution in [3.05, 3.63) is 0 Å². The lowest BCUT2D eigenvalue weighted by molar-refractivity contribution is 0.156. The fourth-order valence-corrected chi connectivity index (χ4v) is 5.01. The minimum absolute atomic E-state index is 0.108. The van der Waals surface area contributed by atoms with Crippen LogP contribution >= 0.6 is 0 Å². The van der Waals surface area contributed by atoms with Crippen molar-refractivity contribution in [2.45, 2.75) is 45.6 Å². The lowest BCUT2D eigenvalue weighted by atomic mass is 9.97. The molecule has 6 heteroatoms. The van der Waals surface area contributed by atoms with Crippen LogP contribution in [-0.4, -0.2) is 54.4 Å². The maximum Gasteiger partial charge on any atom is 0.282 e. The van der Waals surface area contributed by atoms with Gasteiger partial charge >= 0.3 is 0 Å². The molecule has 2 saturated heterocycles. The summed E-state index contributed by atoms with van der Waals surface area (Å²) in [6.07, 6.45) is 3.61. The maximum absolute atomic E-state index is 12.7. The smallest absolute Gasteiger partial charge is 0.282 e. The number of rotatable bonds is 3. The minimum atomic E-state index is -3.31. The first-order chi connectivity index (χ1) is 8.95. The summed E-state index contributed by atoms with van der Waals surface area (Å²) in [5.74, 6) is 0.713. The summed E-state index contributed by atoms with van der Waals surface area (Å²) in [6, 6.07) is 0.108. The Balaban J connectivity index is 2.05. The van der Waals surface area contributed by atoms with Crippen LogP contribution in [0.1, 0.15) is 39.5 Å². The molecule has 0 saturated carbocycles. The van der Waals surface area contributed by atoms with Crippen molar-refractivity contribution in [2.24, 2.45) is 11.8 Å². The molecule has 0 bridgehead atoms. The van der Waals surface area contributed by atoms with Gasteiger partial charge in [-0.2, -0.15) is 17.0 Å². The third kappa shape index (κ3) is 3.29. The van der Waals surface area contributed by atoms with E-state index in [-0.39, 0.29) is 18.6 Å². The predicted octanol–water partition coefficient (Wildman–Crippen LogP) is 1.06. The lowest BCUT2D eigenvalue weighted by Gasteiger charge is -2.40. The van der Waals surface area contributed by atoms with Crippen molar-refractivity contribution >= 4 is 10.2 Å². The Morgan fingerprint density at radius 2 is 1.74 bits per heavy atom. The van der Waals surface area contributed by atoms with Gasteiger partial charge in [0.15, 0.2) is 0 Å². The summed E-state index contributed by atoms with van der Waals surface area (Å²) in [7, 11) is -3.31. The third-order valence-electron chi connectivity index (χ3n) is 4.51. The van der Waals surface area contributed by atoms with E-state index < -0.39 is 10.2 Å². The molecule has 2 atom stereocenters. The lowest BCUT2D eigenvalue weighted by Crippen LogP contribution is -2.53. The molecule has 5 nitrogen and oxygen atoms in total. The fourth-order valence-electron chi connectivity index (χ4n) is 3.04. The molecular weight excluding hydrogens is 264 g/mol. The quantitative estimate of drug-likeness (QED) is 0.845. The van der Waals surface area contributed by atoms with Gasteiger partial charge in [-0.15, -0.1) is 0 Å². The molecule has 2 rings (SSSR count). The van der Waals surface area contributed by atoms with E-state index in [1.807, 2.05) is 6.92 Å². The number of nitrogens with zero attached hydrogens (tertiary/aromatic N) is 2. The van der Waals surface area contributed by atoms with Gasteiger partial charge in [0, 0.05) is 32.3 Å². The van der Waals surface area contributed by atoms with E-state index in [0.29, 0.717) is 25.6 Å². The fraction of sp³-hybridized carbons (Fsp3) is 1.00. The van der Waals surface area contributed by atoms with Crippen LogP contribution in [-0.2, 0) is 10.2 Å². The Bertz CT molecular complexity index is 391. The Morgan fingerprint density at radius 1 is 1.11 bits per heavy atom. The highest BCUT2D eigenvalue weighted by Crippen LogP contribution is 2.28. The Morgan fingerprint density at radius 3 is 2.32 bits per heavy atom. The average Bonchev–Trinajstić information content (AvgIpc) is 2.41. The van der Waals surface area contributed by atoms with Gasteiger partial charge in [0.05, 0.1) is 0 Å². The highest BCUT2D eigenvalue weighted by atomic mass is 32.2. The normalized spacial score (nSPS) is 32.6. The number of piperidine rings is 2. The monoisotopic (exact) mass is 290 g/mol. The molecule has 0 aromatic heterocycles. The van der Waals surface area contributed by atoms with Crippen LogP contribution in [0.3, 0.4) is 0 Å². The molecule has 2 fully saturated rings. The zero-order chi connectivity index (χ0) is 14.0. The van der Waals surface area contributed by atoms with Gasteiger partial charge in [-0.1, -0.05) is 6.92 Å². The standard InChI is InChI=1S/C13H26N2O3S/c1-11-3-4-12(2)15(9-11)19(17,18)14-7-5-13(10-16)6-8-14/h11-13,16H,3-10H2,1-2H3. The number of hydrogen-bond acceptors (Lipinski definition) is 3. The molecule has 0 amide bonds. The topological polar surface area (TPSA) is 60.9 Å². The molecule has 2 aliphatic heterocycles. The van der Waals surface area contributed by atoms with E-state index in [1.54, 1.807) is 8.61 Å². The first kappa shape index (κ1) is 15.2. The van der Waals surface area contributed by atoms with E-state index in [0.717, 1.165) is 25.7 Å². The highest BCUT2D eigenvalue weighted by Gasteiger charge is 2.37. The Labute approximate surface area is 116 Å². The van der Waals surface area contributed by atoms with Gasteiger partial charge in [0.25, 0.3) is 10.2 Å². The first-order valence-electron chi connectivity index (χ1n) is 7.33. The maximum atomic E-state index is 12.7. The molecule has 0 aromatic rings. The molecule has 1 N–H and O–H groups in total. The van der Waals surface area contributed by atoms with Gasteiger partial charge in [-0.25, -0.2) is 0 Å². The first-order valence-corrected chi connectivity index (χ1v) is 8.72. The third-order valence-corrected chi connectivity index (χ3v) is 6.63. The van der Waals surface area contributed by atoms with Crippen LogP contribution in [0.2, 0.25) is 0 Å². The zero-order valence-electron chi connectivity index (χ0n) is 12.0. The second-order valence-electron chi connectivity index (χ2n) is 6.13. The van der Waals surface area contributed by atoms with Crippen molar-refractivity contribution in [3.63, 3.8) is 0 Å². The molecule has 0 spiro atoms. The number of aliphatic hydroxyl groups is 1. The molecule has 2 unspecified atom stereocenters. The SMILES string of the molecule is CC1CCC(C)N(S(=O)(=O)N2CCC(CO)CC2)C1. The van der Waals surface area contributed by atoms with E-state index in [9.17, 15) is 8.42 Å². The molecule has 2 heterocycles. The van der Waals surface area contributed by atoms with Crippen molar-refractivity contribution in [2.75, 3.05) is 26.2 Å². The van der Waals surface area contributed by atoms with Crippen LogP contribution in [0.5, 0.6) is 0 Å². The molecule has 112 valence electrons. The van der Waals surface area contributed by atoms with E-state index in [1.165, 1.54) is 0 Å². The second kappa shape index (κ2) is 6.08. The summed E-state index contributed by atoms with van der Waals surface area (Å²) in [5, 5.41) is 9.13. The summed E-state index contributed by atoms with van der Waals surface area (Å²) in [5.41, 5.74) is 0. The molecule has 0 radical (unpaired) electrons. The van der Waals surface area contributed by atoms with Crippen LogP contribution in [0.4, 0.5) is 0 Å². The van der Waals surface area contributed by atoms with Gasteiger partial charge in [0.1, 0.15) is 0 Å². The second-order valence-corrected chi connectivity index (χ2v) is 8.02. The molecule has 0 aromatic carbocycles. The van der Waals surface area contributed by atoms with Crippen LogP contribution in [0.25, 0.3) is 0 Å². The summed E-state index contributed by atoms with van der Waals surface area (Å²) in [6.45, 7) is 6.03. The van der Waals surface area contributed by atoms with Gasteiger partial charge in [0.2, 0.25) is 0 Å². The van der Waals surface area contributed by atoms with E-state index in [4.69, 9.17) is 5.11 Å². The molecule has 2 aliphatic rings. The van der Waals surface area contributed by atoms with E-state index in [2.05, 4.69) is 6.92 Å².